The fraction of sp³-hybridized carbons (Fsp3) is 0.231. The number of carbonyl (C=O) groups is 1. The van der Waals surface area contributed by atoms with E-state index < -0.39 is 11.2 Å². The largest absolute Gasteiger partial charge is 0.480 e. The summed E-state index contributed by atoms with van der Waals surface area (Å²) in [6.45, 7) is 0. The summed E-state index contributed by atoms with van der Waals surface area (Å²) in [6.07, 6.45) is 4.66. The van der Waals surface area contributed by atoms with Crippen LogP contribution < -0.4 is 0 Å². The van der Waals surface area contributed by atoms with Gasteiger partial charge >= 0.3 is 5.97 Å². The SMILES string of the molecule is O=C(O)C(CCc1ccccc1)Sc1ncc[nH]1. The van der Waals surface area contributed by atoms with Gasteiger partial charge in [-0.3, -0.25) is 4.79 Å². The highest BCUT2D eigenvalue weighted by atomic mass is 32.2. The standard InChI is InChI=1S/C13H14N2O2S/c16-12(17)11(18-13-14-8-9-15-13)7-6-10-4-2-1-3-5-10/h1-5,8-9,11H,6-7H2,(H,14,15)(H,16,17). The fourth-order valence-corrected chi connectivity index (χ4v) is 2.49. The molecule has 0 bridgehead atoms. The number of nitrogens with zero attached hydrogens (tertiary/aromatic N) is 1. The molecular weight excluding hydrogens is 248 g/mol. The normalized spacial score (nSPS) is 12.2. The van der Waals surface area contributed by atoms with Crippen LogP contribution in [0.3, 0.4) is 0 Å². The number of aromatic nitrogens is 2. The molecule has 4 nitrogen and oxygen atoms in total. The summed E-state index contributed by atoms with van der Waals surface area (Å²) >= 11 is 1.26. The van der Waals surface area contributed by atoms with Crippen LogP contribution in [-0.4, -0.2) is 26.3 Å². The number of rotatable bonds is 6. The number of imidazole rings is 1. The van der Waals surface area contributed by atoms with Crippen LogP contribution in [-0.2, 0) is 11.2 Å². The average molecular weight is 262 g/mol. The molecule has 1 aromatic heterocycles. The molecule has 2 aromatic rings. The van der Waals surface area contributed by atoms with Crippen molar-refractivity contribution in [3.63, 3.8) is 0 Å². The molecular formula is C13H14N2O2S. The van der Waals surface area contributed by atoms with E-state index in [1.807, 2.05) is 30.3 Å². The van der Waals surface area contributed by atoms with E-state index in [1.54, 1.807) is 12.4 Å². The highest BCUT2D eigenvalue weighted by Gasteiger charge is 2.19. The third kappa shape index (κ3) is 3.63. The molecule has 0 aliphatic carbocycles. The Morgan fingerprint density at radius 3 is 2.78 bits per heavy atom. The predicted octanol–water partition coefficient (Wildman–Crippen LogP) is 2.59. The van der Waals surface area contributed by atoms with Gasteiger partial charge in [0.2, 0.25) is 0 Å². The second kappa shape index (κ2) is 6.26. The molecule has 1 heterocycles. The van der Waals surface area contributed by atoms with Crippen molar-refractivity contribution in [3.8, 4) is 0 Å². The Morgan fingerprint density at radius 1 is 1.39 bits per heavy atom. The Labute approximate surface area is 109 Å². The second-order valence-electron chi connectivity index (χ2n) is 3.86. The monoisotopic (exact) mass is 262 g/mol. The molecule has 0 amide bonds. The third-order valence-electron chi connectivity index (χ3n) is 2.54. The van der Waals surface area contributed by atoms with Gasteiger partial charge in [0.15, 0.2) is 5.16 Å². The topological polar surface area (TPSA) is 66.0 Å². The Morgan fingerprint density at radius 2 is 2.17 bits per heavy atom. The molecule has 2 N–H and O–H groups in total. The third-order valence-corrected chi connectivity index (χ3v) is 3.71. The first kappa shape index (κ1) is 12.7. The first-order valence-electron chi connectivity index (χ1n) is 5.68. The van der Waals surface area contributed by atoms with E-state index in [2.05, 4.69) is 9.97 Å². The summed E-state index contributed by atoms with van der Waals surface area (Å²) in [5, 5.41) is 9.36. The lowest BCUT2D eigenvalue weighted by molar-refractivity contribution is -0.136. The van der Waals surface area contributed by atoms with Crippen molar-refractivity contribution in [1.82, 2.24) is 9.97 Å². The zero-order valence-electron chi connectivity index (χ0n) is 9.74. The fourth-order valence-electron chi connectivity index (χ4n) is 1.63. The average Bonchev–Trinajstić information content (AvgIpc) is 2.88. The molecule has 0 aliphatic rings. The second-order valence-corrected chi connectivity index (χ2v) is 5.05. The zero-order valence-corrected chi connectivity index (χ0v) is 10.6. The Hall–Kier alpha value is -1.75. The number of benzene rings is 1. The van der Waals surface area contributed by atoms with E-state index in [0.29, 0.717) is 11.6 Å². The van der Waals surface area contributed by atoms with Crippen LogP contribution in [0.1, 0.15) is 12.0 Å². The van der Waals surface area contributed by atoms with E-state index in [1.165, 1.54) is 11.8 Å². The number of carboxylic acid groups (broad SMARTS) is 1. The van der Waals surface area contributed by atoms with Gasteiger partial charge < -0.3 is 10.1 Å². The van der Waals surface area contributed by atoms with Crippen molar-refractivity contribution in [3.05, 3.63) is 48.3 Å². The molecule has 1 atom stereocenters. The van der Waals surface area contributed by atoms with Gasteiger partial charge in [-0.15, -0.1) is 0 Å². The van der Waals surface area contributed by atoms with E-state index >= 15 is 0 Å². The molecule has 94 valence electrons. The Bertz CT molecular complexity index is 485. The van der Waals surface area contributed by atoms with Gasteiger partial charge in [-0.05, 0) is 18.4 Å². The zero-order chi connectivity index (χ0) is 12.8. The molecule has 0 radical (unpaired) electrons. The maximum atomic E-state index is 11.2. The van der Waals surface area contributed by atoms with Crippen molar-refractivity contribution in [2.24, 2.45) is 0 Å². The minimum Gasteiger partial charge on any atom is -0.480 e. The van der Waals surface area contributed by atoms with Crippen molar-refractivity contribution in [1.29, 1.82) is 0 Å². The van der Waals surface area contributed by atoms with Crippen LogP contribution >= 0.6 is 11.8 Å². The van der Waals surface area contributed by atoms with E-state index in [9.17, 15) is 9.90 Å². The lowest BCUT2D eigenvalue weighted by atomic mass is 10.1. The highest BCUT2D eigenvalue weighted by Crippen LogP contribution is 2.23. The quantitative estimate of drug-likeness (QED) is 0.785. The van der Waals surface area contributed by atoms with Crippen LogP contribution in [0.15, 0.2) is 47.9 Å². The summed E-state index contributed by atoms with van der Waals surface area (Å²) in [5.74, 6) is -0.799. The molecule has 1 aromatic carbocycles. The molecule has 2 rings (SSSR count). The van der Waals surface area contributed by atoms with Crippen molar-refractivity contribution >= 4 is 17.7 Å². The molecule has 0 saturated heterocycles. The van der Waals surface area contributed by atoms with Gasteiger partial charge in [0.05, 0.1) is 0 Å². The van der Waals surface area contributed by atoms with Crippen LogP contribution in [0.5, 0.6) is 0 Å². The summed E-state index contributed by atoms with van der Waals surface area (Å²) < 4.78 is 0. The van der Waals surface area contributed by atoms with Crippen molar-refractivity contribution in [2.75, 3.05) is 0 Å². The van der Waals surface area contributed by atoms with Gasteiger partial charge in [0, 0.05) is 12.4 Å². The molecule has 0 saturated carbocycles. The molecule has 0 aliphatic heterocycles. The minimum absolute atomic E-state index is 0.476. The summed E-state index contributed by atoms with van der Waals surface area (Å²) in [7, 11) is 0. The molecule has 18 heavy (non-hydrogen) atoms. The maximum Gasteiger partial charge on any atom is 0.317 e. The minimum atomic E-state index is -0.799. The number of thioether (sulfide) groups is 1. The Kier molecular flexibility index (Phi) is 4.41. The van der Waals surface area contributed by atoms with Gasteiger partial charge in [-0.25, -0.2) is 4.98 Å². The molecule has 5 heteroatoms. The lowest BCUT2D eigenvalue weighted by Crippen LogP contribution is -2.17. The number of hydrogen-bond acceptors (Lipinski definition) is 3. The van der Waals surface area contributed by atoms with Crippen LogP contribution in [0.4, 0.5) is 0 Å². The number of aryl methyl sites for hydroxylation is 1. The number of H-pyrrole nitrogens is 1. The van der Waals surface area contributed by atoms with E-state index in [4.69, 9.17) is 0 Å². The van der Waals surface area contributed by atoms with Crippen LogP contribution in [0, 0.1) is 0 Å². The predicted molar refractivity (Wildman–Crippen MR) is 70.6 cm³/mol. The van der Waals surface area contributed by atoms with Gasteiger partial charge in [0.25, 0.3) is 0 Å². The van der Waals surface area contributed by atoms with E-state index in [-0.39, 0.29) is 0 Å². The van der Waals surface area contributed by atoms with Gasteiger partial charge in [-0.2, -0.15) is 0 Å². The van der Waals surface area contributed by atoms with Gasteiger partial charge in [0.1, 0.15) is 5.25 Å². The first-order valence-corrected chi connectivity index (χ1v) is 6.56. The van der Waals surface area contributed by atoms with Gasteiger partial charge in [-0.1, -0.05) is 42.1 Å². The maximum absolute atomic E-state index is 11.2. The number of aliphatic carboxylic acids is 1. The van der Waals surface area contributed by atoms with E-state index in [0.717, 1.165) is 12.0 Å². The van der Waals surface area contributed by atoms with Crippen molar-refractivity contribution in [2.45, 2.75) is 23.2 Å². The number of nitrogens with one attached hydrogen (secondary N) is 1. The summed E-state index contributed by atoms with van der Waals surface area (Å²) in [4.78, 5) is 18.1. The highest BCUT2D eigenvalue weighted by molar-refractivity contribution is 8.00. The number of aromatic amines is 1. The van der Waals surface area contributed by atoms with Crippen LogP contribution in [0.25, 0.3) is 0 Å². The first-order chi connectivity index (χ1) is 8.75. The number of hydrogen-bond donors (Lipinski definition) is 2. The smallest absolute Gasteiger partial charge is 0.317 e. The Balaban J connectivity index is 1.93. The summed E-state index contributed by atoms with van der Waals surface area (Å²) in [5.41, 5.74) is 1.16. The molecule has 0 spiro atoms. The number of carboxylic acids is 1. The van der Waals surface area contributed by atoms with Crippen molar-refractivity contribution < 1.29 is 9.90 Å². The summed E-state index contributed by atoms with van der Waals surface area (Å²) in [6, 6.07) is 9.90. The van der Waals surface area contributed by atoms with Crippen LogP contribution in [0.2, 0.25) is 0 Å². The molecule has 1 unspecified atom stereocenters. The lowest BCUT2D eigenvalue weighted by Gasteiger charge is -2.10. The molecule has 0 fully saturated rings.